The molecule has 1 saturated heterocycles. The first kappa shape index (κ1) is 18.7. The van der Waals surface area contributed by atoms with Gasteiger partial charge >= 0.3 is 0 Å². The molecule has 0 spiro atoms. The van der Waals surface area contributed by atoms with Crippen LogP contribution in [0, 0.1) is 0 Å². The molecule has 2 heterocycles. The summed E-state index contributed by atoms with van der Waals surface area (Å²) in [6.45, 7) is 9.65. The van der Waals surface area contributed by atoms with Gasteiger partial charge in [0.25, 0.3) is 0 Å². The highest BCUT2D eigenvalue weighted by Crippen LogP contribution is 2.23. The molecule has 24 heavy (non-hydrogen) atoms. The molecule has 0 amide bonds. The van der Waals surface area contributed by atoms with Crippen LogP contribution in [0.25, 0.3) is 0 Å². The van der Waals surface area contributed by atoms with Gasteiger partial charge in [0.15, 0.2) is 11.7 Å². The number of guanidine groups is 1. The number of aliphatic imine (C=N–C) groups is 1. The van der Waals surface area contributed by atoms with E-state index in [-0.39, 0.29) is 5.60 Å². The Morgan fingerprint density at radius 1 is 1.38 bits per heavy atom. The summed E-state index contributed by atoms with van der Waals surface area (Å²) < 4.78 is 16.5. The number of aromatic nitrogens is 1. The molecular weight excluding hydrogens is 308 g/mol. The fraction of sp³-hybridized carbons (Fsp3) is 0.765. The Hall–Kier alpha value is -1.60. The first-order valence-electron chi connectivity index (χ1n) is 8.69. The minimum absolute atomic E-state index is 0.189. The minimum Gasteiger partial charge on any atom is -0.381 e. The third-order valence-corrected chi connectivity index (χ3v) is 4.32. The van der Waals surface area contributed by atoms with E-state index in [2.05, 4.69) is 34.6 Å². The van der Waals surface area contributed by atoms with E-state index in [0.29, 0.717) is 19.0 Å². The highest BCUT2D eigenvalue weighted by atomic mass is 16.5. The first-order chi connectivity index (χ1) is 11.6. The molecule has 1 aliphatic heterocycles. The Kier molecular flexibility index (Phi) is 7.05. The molecule has 0 unspecified atom stereocenters. The Morgan fingerprint density at radius 2 is 2.12 bits per heavy atom. The van der Waals surface area contributed by atoms with Crippen molar-refractivity contribution in [3.63, 3.8) is 0 Å². The van der Waals surface area contributed by atoms with Gasteiger partial charge in [-0.1, -0.05) is 19.0 Å². The smallest absolute Gasteiger partial charge is 0.191 e. The maximum absolute atomic E-state index is 5.75. The molecule has 1 aliphatic rings. The number of hydrogen-bond donors (Lipinski definition) is 2. The lowest BCUT2D eigenvalue weighted by Gasteiger charge is -2.36. The van der Waals surface area contributed by atoms with Crippen molar-refractivity contribution < 1.29 is 14.0 Å². The number of hydrogen-bond acceptors (Lipinski definition) is 5. The van der Waals surface area contributed by atoms with Crippen LogP contribution in [0.2, 0.25) is 0 Å². The topological polar surface area (TPSA) is 80.9 Å². The van der Waals surface area contributed by atoms with Crippen molar-refractivity contribution in [1.29, 1.82) is 0 Å². The van der Waals surface area contributed by atoms with Crippen LogP contribution in [-0.2, 0) is 16.0 Å². The summed E-state index contributed by atoms with van der Waals surface area (Å²) in [5.41, 5.74) is 0.768. The zero-order valence-electron chi connectivity index (χ0n) is 15.2. The second-order valence-corrected chi connectivity index (χ2v) is 6.42. The number of ether oxygens (including phenoxy) is 2. The van der Waals surface area contributed by atoms with Crippen LogP contribution in [-0.4, -0.2) is 50.1 Å². The van der Waals surface area contributed by atoms with Gasteiger partial charge in [-0.05, 0) is 12.8 Å². The maximum atomic E-state index is 5.75. The van der Waals surface area contributed by atoms with Crippen molar-refractivity contribution in [3.8, 4) is 0 Å². The lowest BCUT2D eigenvalue weighted by Crippen LogP contribution is -2.50. The molecular formula is C17H30N4O3. The van der Waals surface area contributed by atoms with E-state index >= 15 is 0 Å². The van der Waals surface area contributed by atoms with Crippen molar-refractivity contribution >= 4 is 5.96 Å². The lowest BCUT2D eigenvalue weighted by atomic mass is 9.94. The van der Waals surface area contributed by atoms with Gasteiger partial charge in [-0.3, -0.25) is 0 Å². The quantitative estimate of drug-likeness (QED) is 0.585. The molecule has 2 N–H and O–H groups in total. The molecule has 0 radical (unpaired) electrons. The first-order valence-corrected chi connectivity index (χ1v) is 8.69. The van der Waals surface area contributed by atoms with E-state index in [1.807, 2.05) is 13.0 Å². The Morgan fingerprint density at radius 3 is 2.71 bits per heavy atom. The Labute approximate surface area is 144 Å². The molecule has 2 rings (SSSR count). The largest absolute Gasteiger partial charge is 0.381 e. The van der Waals surface area contributed by atoms with E-state index in [4.69, 9.17) is 14.0 Å². The summed E-state index contributed by atoms with van der Waals surface area (Å²) in [7, 11) is 1.76. The molecule has 0 saturated carbocycles. The summed E-state index contributed by atoms with van der Waals surface area (Å²) in [4.78, 5) is 4.58. The summed E-state index contributed by atoms with van der Waals surface area (Å²) in [5.74, 6) is 1.87. The maximum Gasteiger partial charge on any atom is 0.191 e. The minimum atomic E-state index is -0.189. The predicted molar refractivity (Wildman–Crippen MR) is 93.2 cm³/mol. The van der Waals surface area contributed by atoms with Crippen molar-refractivity contribution in [2.75, 3.05) is 33.4 Å². The number of nitrogens with zero attached hydrogens (tertiary/aromatic N) is 2. The average Bonchev–Trinajstić information content (AvgIpc) is 3.07. The van der Waals surface area contributed by atoms with E-state index in [9.17, 15) is 0 Å². The zero-order valence-corrected chi connectivity index (χ0v) is 15.2. The summed E-state index contributed by atoms with van der Waals surface area (Å²) in [6, 6.07) is 1.97. The van der Waals surface area contributed by atoms with Crippen molar-refractivity contribution in [1.82, 2.24) is 15.8 Å². The van der Waals surface area contributed by atoms with Gasteiger partial charge in [-0.15, -0.1) is 0 Å². The molecule has 1 fully saturated rings. The molecule has 1 aromatic rings. The molecule has 7 heteroatoms. The van der Waals surface area contributed by atoms with Gasteiger partial charge in [0, 0.05) is 52.3 Å². The molecule has 0 aromatic carbocycles. The molecule has 0 atom stereocenters. The second-order valence-electron chi connectivity index (χ2n) is 6.42. The van der Waals surface area contributed by atoms with E-state index in [1.54, 1.807) is 7.11 Å². The molecule has 0 aliphatic carbocycles. The SMILES string of the molecule is CCNC(=NCc1cc(C(C)C)no1)NCC1(OC)CCOCC1. The van der Waals surface area contributed by atoms with Gasteiger partial charge in [-0.2, -0.15) is 0 Å². The van der Waals surface area contributed by atoms with Gasteiger partial charge in [0.2, 0.25) is 0 Å². The number of methoxy groups -OCH3 is 1. The van der Waals surface area contributed by atoms with E-state index < -0.39 is 0 Å². The summed E-state index contributed by atoms with van der Waals surface area (Å²) >= 11 is 0. The van der Waals surface area contributed by atoms with Crippen molar-refractivity contribution in [2.24, 2.45) is 4.99 Å². The van der Waals surface area contributed by atoms with Gasteiger partial charge in [0.05, 0.1) is 11.3 Å². The normalized spacial score (nSPS) is 18.0. The standard InChI is InChI=1S/C17H30N4O3/c1-5-18-16(19-11-14-10-15(13(2)3)21-24-14)20-12-17(22-4)6-8-23-9-7-17/h10,13H,5-9,11-12H2,1-4H3,(H2,18,19,20). The average molecular weight is 338 g/mol. The third-order valence-electron chi connectivity index (χ3n) is 4.32. The van der Waals surface area contributed by atoms with Gasteiger partial charge < -0.3 is 24.6 Å². The van der Waals surface area contributed by atoms with Crippen molar-refractivity contribution in [2.45, 2.75) is 51.7 Å². The fourth-order valence-electron chi connectivity index (χ4n) is 2.62. The van der Waals surface area contributed by atoms with Crippen LogP contribution in [0.1, 0.15) is 51.0 Å². The predicted octanol–water partition coefficient (Wildman–Crippen LogP) is 2.05. The molecule has 0 bridgehead atoms. The molecule has 136 valence electrons. The molecule has 7 nitrogen and oxygen atoms in total. The van der Waals surface area contributed by atoms with Crippen molar-refractivity contribution in [3.05, 3.63) is 17.5 Å². The number of rotatable bonds is 7. The third kappa shape index (κ3) is 5.21. The van der Waals surface area contributed by atoms with Crippen LogP contribution in [0.15, 0.2) is 15.6 Å². The lowest BCUT2D eigenvalue weighted by molar-refractivity contribution is -0.0855. The molecule has 1 aromatic heterocycles. The van der Waals surface area contributed by atoms with Gasteiger partial charge in [-0.25, -0.2) is 4.99 Å². The highest BCUT2D eigenvalue weighted by molar-refractivity contribution is 5.79. The summed E-state index contributed by atoms with van der Waals surface area (Å²) in [6.07, 6.45) is 1.77. The zero-order chi connectivity index (χ0) is 17.4. The van der Waals surface area contributed by atoms with Crippen LogP contribution in [0.4, 0.5) is 0 Å². The van der Waals surface area contributed by atoms with Crippen LogP contribution in [0.3, 0.4) is 0 Å². The monoisotopic (exact) mass is 338 g/mol. The van der Waals surface area contributed by atoms with E-state index in [1.165, 1.54) is 0 Å². The number of nitrogens with one attached hydrogen (secondary N) is 2. The Bertz CT molecular complexity index is 522. The van der Waals surface area contributed by atoms with Gasteiger partial charge in [0.1, 0.15) is 6.54 Å². The highest BCUT2D eigenvalue weighted by Gasteiger charge is 2.32. The fourth-order valence-corrected chi connectivity index (χ4v) is 2.62. The summed E-state index contributed by atoms with van der Waals surface area (Å²) in [5, 5.41) is 10.7. The van der Waals surface area contributed by atoms with Crippen LogP contribution < -0.4 is 10.6 Å². The van der Waals surface area contributed by atoms with Crippen LogP contribution in [0.5, 0.6) is 0 Å². The second kappa shape index (κ2) is 9.03. The Balaban J connectivity index is 1.94. The van der Waals surface area contributed by atoms with Crippen LogP contribution >= 0.6 is 0 Å². The van der Waals surface area contributed by atoms with E-state index in [0.717, 1.165) is 50.0 Å².